The van der Waals surface area contributed by atoms with Gasteiger partial charge in [-0.25, -0.2) is 0 Å². The van der Waals surface area contributed by atoms with Crippen molar-refractivity contribution in [1.29, 1.82) is 0 Å². The lowest BCUT2D eigenvalue weighted by molar-refractivity contribution is -0.131. The van der Waals surface area contributed by atoms with Crippen LogP contribution in [0.25, 0.3) is 0 Å². The quantitative estimate of drug-likeness (QED) is 0.575. The molecule has 0 aromatic rings. The molecule has 17 heavy (non-hydrogen) atoms. The van der Waals surface area contributed by atoms with Crippen molar-refractivity contribution in [3.05, 3.63) is 0 Å². The van der Waals surface area contributed by atoms with E-state index in [-0.39, 0.29) is 11.3 Å². The van der Waals surface area contributed by atoms with Crippen molar-refractivity contribution in [1.82, 2.24) is 5.32 Å². The molecular formula is C13H28N2O2. The third-order valence-corrected chi connectivity index (χ3v) is 3.54. The molecule has 0 aliphatic heterocycles. The Balaban J connectivity index is 3.83. The topological polar surface area (TPSA) is 64.4 Å². The fourth-order valence-electron chi connectivity index (χ4n) is 1.89. The summed E-state index contributed by atoms with van der Waals surface area (Å²) in [5, 5.41) is 2.99. The lowest BCUT2D eigenvalue weighted by Gasteiger charge is -2.28. The Labute approximate surface area is 105 Å². The number of hydrogen-bond donors (Lipinski definition) is 2. The summed E-state index contributed by atoms with van der Waals surface area (Å²) in [7, 11) is 1.71. The van der Waals surface area contributed by atoms with E-state index in [2.05, 4.69) is 5.32 Å². The van der Waals surface area contributed by atoms with E-state index in [0.717, 1.165) is 45.3 Å². The highest BCUT2D eigenvalue weighted by molar-refractivity contribution is 5.82. The second kappa shape index (κ2) is 9.42. The Morgan fingerprint density at radius 3 is 2.35 bits per heavy atom. The first-order valence-electron chi connectivity index (χ1n) is 6.64. The van der Waals surface area contributed by atoms with Crippen LogP contribution in [0.15, 0.2) is 0 Å². The summed E-state index contributed by atoms with van der Waals surface area (Å²) in [5.74, 6) is 0.108. The highest BCUT2D eigenvalue weighted by Crippen LogP contribution is 2.24. The van der Waals surface area contributed by atoms with Crippen molar-refractivity contribution >= 4 is 5.91 Å². The van der Waals surface area contributed by atoms with Gasteiger partial charge in [-0.3, -0.25) is 4.79 Å². The maximum atomic E-state index is 12.0. The Kier molecular flexibility index (Phi) is 9.09. The van der Waals surface area contributed by atoms with E-state index in [1.807, 2.05) is 13.8 Å². The molecule has 0 aliphatic rings. The van der Waals surface area contributed by atoms with Crippen LogP contribution >= 0.6 is 0 Å². The average molecular weight is 244 g/mol. The van der Waals surface area contributed by atoms with Gasteiger partial charge in [-0.2, -0.15) is 0 Å². The molecule has 4 nitrogen and oxygen atoms in total. The lowest BCUT2D eigenvalue weighted by Crippen LogP contribution is -2.45. The first-order chi connectivity index (χ1) is 8.16. The number of nitrogens with one attached hydrogen (secondary N) is 1. The molecular weight excluding hydrogens is 216 g/mol. The first kappa shape index (κ1) is 16.4. The zero-order valence-corrected chi connectivity index (χ0v) is 11.6. The zero-order valence-electron chi connectivity index (χ0n) is 11.6. The van der Waals surface area contributed by atoms with E-state index in [1.165, 1.54) is 0 Å². The van der Waals surface area contributed by atoms with Gasteiger partial charge in [0.15, 0.2) is 0 Å². The Bertz CT molecular complexity index is 195. The summed E-state index contributed by atoms with van der Waals surface area (Å²) in [4.78, 5) is 12.0. The van der Waals surface area contributed by atoms with Gasteiger partial charge in [0.05, 0.1) is 5.41 Å². The summed E-state index contributed by atoms with van der Waals surface area (Å²) in [6.07, 6.45) is 4.74. The van der Waals surface area contributed by atoms with Crippen LogP contribution in [0.1, 0.15) is 46.0 Å². The Morgan fingerprint density at radius 2 is 1.88 bits per heavy atom. The van der Waals surface area contributed by atoms with Crippen LogP contribution in [0.2, 0.25) is 0 Å². The highest BCUT2D eigenvalue weighted by atomic mass is 16.5. The molecule has 0 unspecified atom stereocenters. The molecule has 0 radical (unpaired) electrons. The normalized spacial score (nSPS) is 11.5. The van der Waals surface area contributed by atoms with E-state index in [0.29, 0.717) is 6.54 Å². The molecule has 0 aromatic carbocycles. The van der Waals surface area contributed by atoms with E-state index in [1.54, 1.807) is 7.11 Å². The average Bonchev–Trinajstić information content (AvgIpc) is 2.36. The second-order valence-corrected chi connectivity index (χ2v) is 4.50. The Hall–Kier alpha value is -0.610. The molecule has 1 amide bonds. The largest absolute Gasteiger partial charge is 0.385 e. The van der Waals surface area contributed by atoms with Gasteiger partial charge in [0.1, 0.15) is 0 Å². The van der Waals surface area contributed by atoms with Crippen molar-refractivity contribution in [3.63, 3.8) is 0 Å². The highest BCUT2D eigenvalue weighted by Gasteiger charge is 2.32. The van der Waals surface area contributed by atoms with Crippen LogP contribution in [0.5, 0.6) is 0 Å². The standard InChI is InChI=1S/C13H28N2O2/c1-4-13(5-2,11-14)12(16)15-9-7-6-8-10-17-3/h4-11,14H2,1-3H3,(H,15,16). The molecule has 4 heteroatoms. The summed E-state index contributed by atoms with van der Waals surface area (Å²) < 4.78 is 4.97. The smallest absolute Gasteiger partial charge is 0.227 e. The minimum atomic E-state index is -0.369. The van der Waals surface area contributed by atoms with Crippen LogP contribution in [-0.2, 0) is 9.53 Å². The fourth-order valence-corrected chi connectivity index (χ4v) is 1.89. The molecule has 0 aromatic heterocycles. The molecule has 0 aliphatic carbocycles. The maximum absolute atomic E-state index is 12.0. The van der Waals surface area contributed by atoms with Crippen molar-refractivity contribution < 1.29 is 9.53 Å². The molecule has 3 N–H and O–H groups in total. The van der Waals surface area contributed by atoms with Crippen LogP contribution in [0.4, 0.5) is 0 Å². The predicted octanol–water partition coefficient (Wildman–Crippen LogP) is 1.68. The number of carbonyl (C=O) groups excluding carboxylic acids is 1. The fraction of sp³-hybridized carbons (Fsp3) is 0.923. The van der Waals surface area contributed by atoms with Gasteiger partial charge < -0.3 is 15.8 Å². The Morgan fingerprint density at radius 1 is 1.24 bits per heavy atom. The lowest BCUT2D eigenvalue weighted by atomic mass is 9.81. The van der Waals surface area contributed by atoms with E-state index in [4.69, 9.17) is 10.5 Å². The minimum absolute atomic E-state index is 0.108. The van der Waals surface area contributed by atoms with Crippen molar-refractivity contribution in [2.45, 2.75) is 46.0 Å². The van der Waals surface area contributed by atoms with E-state index >= 15 is 0 Å². The molecule has 0 spiro atoms. The third-order valence-electron chi connectivity index (χ3n) is 3.54. The molecule has 0 atom stereocenters. The molecule has 0 saturated carbocycles. The predicted molar refractivity (Wildman–Crippen MR) is 70.8 cm³/mol. The summed E-state index contributed by atoms with van der Waals surface area (Å²) in [5.41, 5.74) is 5.35. The molecule has 0 heterocycles. The summed E-state index contributed by atoms with van der Waals surface area (Å²) in [6.45, 7) is 6.01. The summed E-state index contributed by atoms with van der Waals surface area (Å²) in [6, 6.07) is 0. The van der Waals surface area contributed by atoms with Crippen LogP contribution in [-0.4, -0.2) is 32.7 Å². The van der Waals surface area contributed by atoms with Gasteiger partial charge in [0, 0.05) is 26.8 Å². The number of carbonyl (C=O) groups is 1. The van der Waals surface area contributed by atoms with Gasteiger partial charge in [-0.1, -0.05) is 13.8 Å². The van der Waals surface area contributed by atoms with Crippen molar-refractivity contribution in [2.24, 2.45) is 11.1 Å². The van der Waals surface area contributed by atoms with Gasteiger partial charge >= 0.3 is 0 Å². The molecule has 102 valence electrons. The monoisotopic (exact) mass is 244 g/mol. The van der Waals surface area contributed by atoms with E-state index < -0.39 is 0 Å². The van der Waals surface area contributed by atoms with E-state index in [9.17, 15) is 4.79 Å². The van der Waals surface area contributed by atoms with Crippen LogP contribution in [0, 0.1) is 5.41 Å². The third kappa shape index (κ3) is 5.50. The van der Waals surface area contributed by atoms with Crippen molar-refractivity contribution in [2.75, 3.05) is 26.8 Å². The molecule has 0 rings (SSSR count). The van der Waals surface area contributed by atoms with Crippen molar-refractivity contribution in [3.8, 4) is 0 Å². The molecule has 0 saturated heterocycles. The maximum Gasteiger partial charge on any atom is 0.227 e. The number of amides is 1. The number of nitrogens with two attached hydrogens (primary N) is 1. The number of rotatable bonds is 10. The summed E-state index contributed by atoms with van der Waals surface area (Å²) >= 11 is 0. The second-order valence-electron chi connectivity index (χ2n) is 4.50. The number of unbranched alkanes of at least 4 members (excludes halogenated alkanes) is 2. The zero-order chi connectivity index (χ0) is 13.1. The van der Waals surface area contributed by atoms with Crippen LogP contribution in [0.3, 0.4) is 0 Å². The van der Waals surface area contributed by atoms with Gasteiger partial charge in [0.2, 0.25) is 5.91 Å². The number of hydrogen-bond acceptors (Lipinski definition) is 3. The SMILES string of the molecule is CCC(CC)(CN)C(=O)NCCCCCOC. The van der Waals surface area contributed by atoms with Gasteiger partial charge in [-0.05, 0) is 32.1 Å². The van der Waals surface area contributed by atoms with Gasteiger partial charge in [0.25, 0.3) is 0 Å². The first-order valence-corrected chi connectivity index (χ1v) is 6.64. The minimum Gasteiger partial charge on any atom is -0.385 e. The number of methoxy groups -OCH3 is 1. The van der Waals surface area contributed by atoms with Crippen LogP contribution < -0.4 is 11.1 Å². The van der Waals surface area contributed by atoms with Gasteiger partial charge in [-0.15, -0.1) is 0 Å². The molecule has 0 fully saturated rings. The molecule has 0 bridgehead atoms. The number of ether oxygens (including phenoxy) is 1.